The molecule has 0 bridgehead atoms. The maximum absolute atomic E-state index is 12.4. The van der Waals surface area contributed by atoms with Gasteiger partial charge >= 0.3 is 0 Å². The van der Waals surface area contributed by atoms with Crippen LogP contribution in [0.3, 0.4) is 0 Å². The van der Waals surface area contributed by atoms with Crippen molar-refractivity contribution in [1.29, 1.82) is 0 Å². The third-order valence-electron chi connectivity index (χ3n) is 4.71. The third kappa shape index (κ3) is 3.04. The molecule has 0 saturated carbocycles. The van der Waals surface area contributed by atoms with E-state index >= 15 is 0 Å². The molecule has 2 aliphatic heterocycles. The van der Waals surface area contributed by atoms with Gasteiger partial charge in [-0.1, -0.05) is 0 Å². The number of hydrogen-bond acceptors (Lipinski definition) is 4. The van der Waals surface area contributed by atoms with Crippen LogP contribution in [0.15, 0.2) is 18.3 Å². The summed E-state index contributed by atoms with van der Waals surface area (Å²) in [5, 5.41) is 3.16. The number of aromatic nitrogens is 1. The highest BCUT2D eigenvalue weighted by atomic mass is 16.5. The first-order valence-corrected chi connectivity index (χ1v) is 7.97. The summed E-state index contributed by atoms with van der Waals surface area (Å²) in [4.78, 5) is 14.8. The van der Waals surface area contributed by atoms with Gasteiger partial charge in [0.1, 0.15) is 5.69 Å². The predicted octanol–water partition coefficient (Wildman–Crippen LogP) is 0.633. The Morgan fingerprint density at radius 3 is 3.14 bits per heavy atom. The molecule has 0 aliphatic carbocycles. The van der Waals surface area contributed by atoms with Crippen LogP contribution in [0.5, 0.6) is 0 Å². The number of ether oxygens (including phenoxy) is 2. The Labute approximate surface area is 131 Å². The number of fused-ring (bicyclic) bond motifs is 1. The van der Waals surface area contributed by atoms with Crippen molar-refractivity contribution < 1.29 is 14.3 Å². The molecule has 2 fully saturated rings. The average molecular weight is 307 g/mol. The number of rotatable bonds is 5. The van der Waals surface area contributed by atoms with Crippen LogP contribution in [0, 0.1) is 0 Å². The molecule has 0 radical (unpaired) electrons. The van der Waals surface area contributed by atoms with E-state index in [1.807, 2.05) is 29.9 Å². The number of hydrogen-bond donors (Lipinski definition) is 1. The van der Waals surface area contributed by atoms with Crippen LogP contribution < -0.4 is 5.32 Å². The SMILES string of the molecule is COCCN1C[C@H](NC(=O)c2cccn2C)[C@@H]2OCCC[C@@H]21. The van der Waals surface area contributed by atoms with Gasteiger partial charge in [0.2, 0.25) is 0 Å². The maximum atomic E-state index is 12.4. The van der Waals surface area contributed by atoms with Gasteiger partial charge in [-0.05, 0) is 25.0 Å². The second kappa shape index (κ2) is 6.81. The normalized spacial score (nSPS) is 28.5. The molecule has 2 saturated heterocycles. The van der Waals surface area contributed by atoms with Crippen molar-refractivity contribution in [3.63, 3.8) is 0 Å². The molecule has 6 nitrogen and oxygen atoms in total. The Kier molecular flexibility index (Phi) is 4.81. The Balaban J connectivity index is 1.67. The van der Waals surface area contributed by atoms with Gasteiger partial charge in [0.05, 0.1) is 18.8 Å². The molecular formula is C16H25N3O3. The second-order valence-electron chi connectivity index (χ2n) is 6.12. The van der Waals surface area contributed by atoms with E-state index in [0.29, 0.717) is 18.3 Å². The average Bonchev–Trinajstić information content (AvgIpc) is 3.10. The van der Waals surface area contributed by atoms with Crippen LogP contribution in [0.25, 0.3) is 0 Å². The van der Waals surface area contributed by atoms with Gasteiger partial charge in [0.15, 0.2) is 0 Å². The highest BCUT2D eigenvalue weighted by Crippen LogP contribution is 2.28. The Morgan fingerprint density at radius 1 is 1.55 bits per heavy atom. The van der Waals surface area contributed by atoms with Crippen molar-refractivity contribution in [2.75, 3.05) is 33.4 Å². The highest BCUT2D eigenvalue weighted by Gasteiger charge is 2.44. The number of carbonyl (C=O) groups excluding carboxylic acids is 1. The van der Waals surface area contributed by atoms with Crippen LogP contribution in [0.2, 0.25) is 0 Å². The standard InChI is InChI=1S/C16H25N3O3/c1-18-7-3-5-14(18)16(20)17-12-11-19(8-10-21-2)13-6-4-9-22-15(12)13/h3,5,7,12-13,15H,4,6,8-11H2,1-2H3,(H,17,20)/t12-,13-,15-/m0/s1. The molecule has 6 heteroatoms. The minimum Gasteiger partial charge on any atom is -0.383 e. The van der Waals surface area contributed by atoms with E-state index in [0.717, 1.165) is 32.5 Å². The van der Waals surface area contributed by atoms with Gasteiger partial charge in [-0.25, -0.2) is 0 Å². The highest BCUT2D eigenvalue weighted by molar-refractivity contribution is 5.93. The molecule has 1 N–H and O–H groups in total. The van der Waals surface area contributed by atoms with E-state index in [4.69, 9.17) is 9.47 Å². The van der Waals surface area contributed by atoms with Crippen LogP contribution in [0.1, 0.15) is 23.3 Å². The molecule has 0 unspecified atom stereocenters. The van der Waals surface area contributed by atoms with Crippen molar-refractivity contribution in [3.8, 4) is 0 Å². The molecule has 3 rings (SSSR count). The predicted molar refractivity (Wildman–Crippen MR) is 82.9 cm³/mol. The fourth-order valence-electron chi connectivity index (χ4n) is 3.59. The van der Waals surface area contributed by atoms with E-state index < -0.39 is 0 Å². The quantitative estimate of drug-likeness (QED) is 0.867. The zero-order valence-electron chi connectivity index (χ0n) is 13.3. The van der Waals surface area contributed by atoms with Crippen molar-refractivity contribution in [3.05, 3.63) is 24.0 Å². The van der Waals surface area contributed by atoms with E-state index in [-0.39, 0.29) is 18.1 Å². The molecule has 3 atom stereocenters. The lowest BCUT2D eigenvalue weighted by atomic mass is 10.0. The van der Waals surface area contributed by atoms with Gasteiger partial charge in [-0.2, -0.15) is 0 Å². The zero-order chi connectivity index (χ0) is 15.5. The van der Waals surface area contributed by atoms with E-state index in [9.17, 15) is 4.79 Å². The second-order valence-corrected chi connectivity index (χ2v) is 6.12. The number of methoxy groups -OCH3 is 1. The summed E-state index contributed by atoms with van der Waals surface area (Å²) in [5.41, 5.74) is 0.683. The third-order valence-corrected chi connectivity index (χ3v) is 4.71. The number of amides is 1. The molecule has 2 aliphatic rings. The van der Waals surface area contributed by atoms with Crippen molar-refractivity contribution in [2.24, 2.45) is 7.05 Å². The summed E-state index contributed by atoms with van der Waals surface area (Å²) in [6, 6.07) is 4.16. The first-order chi connectivity index (χ1) is 10.7. The molecule has 0 aromatic carbocycles. The van der Waals surface area contributed by atoms with Crippen LogP contribution in [-0.4, -0.2) is 67.0 Å². The zero-order valence-corrected chi connectivity index (χ0v) is 13.3. The van der Waals surface area contributed by atoms with E-state index in [2.05, 4.69) is 10.2 Å². The number of nitrogens with zero attached hydrogens (tertiary/aromatic N) is 2. The largest absolute Gasteiger partial charge is 0.383 e. The molecule has 3 heterocycles. The fraction of sp³-hybridized carbons (Fsp3) is 0.688. The topological polar surface area (TPSA) is 55.7 Å². The first kappa shape index (κ1) is 15.5. The Bertz CT molecular complexity index is 516. The van der Waals surface area contributed by atoms with Crippen LogP contribution in [-0.2, 0) is 16.5 Å². The Morgan fingerprint density at radius 2 is 2.41 bits per heavy atom. The minimum absolute atomic E-state index is 0.0287. The van der Waals surface area contributed by atoms with Gasteiger partial charge in [-0.3, -0.25) is 9.69 Å². The molecule has 1 amide bonds. The molecule has 22 heavy (non-hydrogen) atoms. The van der Waals surface area contributed by atoms with Crippen molar-refractivity contribution in [1.82, 2.24) is 14.8 Å². The number of carbonyl (C=O) groups is 1. The molecular weight excluding hydrogens is 282 g/mol. The lowest BCUT2D eigenvalue weighted by molar-refractivity contribution is -0.0225. The number of nitrogens with one attached hydrogen (secondary N) is 1. The molecule has 122 valence electrons. The van der Waals surface area contributed by atoms with E-state index in [1.54, 1.807) is 7.11 Å². The monoisotopic (exact) mass is 307 g/mol. The fourth-order valence-corrected chi connectivity index (χ4v) is 3.59. The van der Waals surface area contributed by atoms with Crippen molar-refractivity contribution >= 4 is 5.91 Å². The lowest BCUT2D eigenvalue weighted by Crippen LogP contribution is -2.47. The summed E-state index contributed by atoms with van der Waals surface area (Å²) in [6.07, 6.45) is 4.19. The Hall–Kier alpha value is -1.37. The number of aryl methyl sites for hydroxylation is 1. The van der Waals surface area contributed by atoms with Gasteiger partial charge in [0, 0.05) is 46.1 Å². The van der Waals surface area contributed by atoms with Crippen LogP contribution >= 0.6 is 0 Å². The van der Waals surface area contributed by atoms with Crippen molar-refractivity contribution in [2.45, 2.75) is 31.0 Å². The summed E-state index contributed by atoms with van der Waals surface area (Å²) in [7, 11) is 3.61. The summed E-state index contributed by atoms with van der Waals surface area (Å²) in [6.45, 7) is 3.21. The summed E-state index contributed by atoms with van der Waals surface area (Å²) >= 11 is 0. The smallest absolute Gasteiger partial charge is 0.268 e. The van der Waals surface area contributed by atoms with Crippen LogP contribution in [0.4, 0.5) is 0 Å². The molecule has 1 aromatic rings. The van der Waals surface area contributed by atoms with Gasteiger partial charge in [0.25, 0.3) is 5.91 Å². The maximum Gasteiger partial charge on any atom is 0.268 e. The molecule has 1 aromatic heterocycles. The molecule has 0 spiro atoms. The van der Waals surface area contributed by atoms with Gasteiger partial charge in [-0.15, -0.1) is 0 Å². The first-order valence-electron chi connectivity index (χ1n) is 7.97. The van der Waals surface area contributed by atoms with E-state index in [1.165, 1.54) is 0 Å². The van der Waals surface area contributed by atoms with Gasteiger partial charge < -0.3 is 19.4 Å². The minimum atomic E-state index is -0.0287. The number of likely N-dealkylation sites (tertiary alicyclic amines) is 1. The lowest BCUT2D eigenvalue weighted by Gasteiger charge is -2.32. The summed E-state index contributed by atoms with van der Waals surface area (Å²) < 4.78 is 13.0. The summed E-state index contributed by atoms with van der Waals surface area (Å²) in [5.74, 6) is -0.0287.